The van der Waals surface area contributed by atoms with Gasteiger partial charge in [0.25, 0.3) is 0 Å². The molecule has 8 heteroatoms. The fourth-order valence-corrected chi connectivity index (χ4v) is 7.21. The minimum absolute atomic E-state index is 0.1000. The number of carbonyl (C=O) groups excluding carboxylic acids is 1. The first-order chi connectivity index (χ1) is 15.1. The van der Waals surface area contributed by atoms with Crippen molar-refractivity contribution in [3.05, 3.63) is 65.2 Å². The topological polar surface area (TPSA) is 92.5 Å². The number of rotatable bonds is 9. The molecule has 0 amide bonds. The zero-order valence-electron chi connectivity index (χ0n) is 19.0. The third-order valence-electron chi connectivity index (χ3n) is 5.45. The monoisotopic (exact) mass is 570 g/mol. The van der Waals surface area contributed by atoms with Gasteiger partial charge in [0.2, 0.25) is 0 Å². The number of alkyl halides is 1. The number of halogens is 1. The molecule has 3 N–H and O–H groups in total. The first-order valence-electron chi connectivity index (χ1n) is 10.9. The van der Waals surface area contributed by atoms with Crippen LogP contribution in [-0.2, 0) is 34.3 Å². The standard InChI is InChI=1S/C24H33IN3O3S/c1-24(2,3)27-32(30,31)28-14-8-12-21-19(11-7-13-22(21)28)16-23(29)20(17-25-26)15-18-9-5-4-6-10-18/h4-7,9-11,13,20,27H,8,12,14-17,26H2,1-3H3/q-1/t20-/m1/s1. The van der Waals surface area contributed by atoms with Gasteiger partial charge < -0.3 is 0 Å². The molecule has 1 heterocycles. The summed E-state index contributed by atoms with van der Waals surface area (Å²) in [6.07, 6.45) is 2.51. The number of ketones is 1. The predicted molar refractivity (Wildman–Crippen MR) is 125 cm³/mol. The van der Waals surface area contributed by atoms with Crippen LogP contribution in [-0.4, -0.2) is 30.7 Å². The molecule has 32 heavy (non-hydrogen) atoms. The molecule has 0 radical (unpaired) electrons. The molecular formula is C24H33IN3O3S-. The van der Waals surface area contributed by atoms with E-state index in [1.54, 1.807) is 0 Å². The first-order valence-corrected chi connectivity index (χ1v) is 15.1. The molecule has 3 rings (SSSR count). The molecule has 2 aromatic carbocycles. The molecule has 1 aliphatic heterocycles. The van der Waals surface area contributed by atoms with Gasteiger partial charge in [0, 0.05) is 0 Å². The van der Waals surface area contributed by atoms with Crippen molar-refractivity contribution in [3.8, 4) is 0 Å². The second-order valence-electron chi connectivity index (χ2n) is 9.29. The van der Waals surface area contributed by atoms with Gasteiger partial charge in [0.15, 0.2) is 0 Å². The first kappa shape index (κ1) is 25.1. The summed E-state index contributed by atoms with van der Waals surface area (Å²) in [6.45, 7) is 5.93. The average molecular weight is 571 g/mol. The van der Waals surface area contributed by atoms with E-state index in [2.05, 4.69) is 4.72 Å². The molecule has 176 valence electrons. The summed E-state index contributed by atoms with van der Waals surface area (Å²) in [5.74, 6) is 0.0808. The summed E-state index contributed by atoms with van der Waals surface area (Å²) in [7, 11) is -3.68. The third-order valence-corrected chi connectivity index (χ3v) is 8.85. The van der Waals surface area contributed by atoms with Crippen LogP contribution in [0.1, 0.15) is 43.9 Å². The van der Waals surface area contributed by atoms with Crippen LogP contribution in [0.2, 0.25) is 0 Å². The molecule has 1 aliphatic rings. The SMILES string of the molecule is CC(C)(C)NS(=O)(=O)N1CCCc2c(CC(=O)[C@@H](C[I-]N)Cc3ccccc3)cccc21. The van der Waals surface area contributed by atoms with Crippen LogP contribution in [0.3, 0.4) is 0 Å². The van der Waals surface area contributed by atoms with Gasteiger partial charge in [-0.05, 0) is 0 Å². The van der Waals surface area contributed by atoms with Crippen LogP contribution in [0.4, 0.5) is 5.69 Å². The van der Waals surface area contributed by atoms with E-state index in [1.807, 2.05) is 69.3 Å². The van der Waals surface area contributed by atoms with E-state index in [0.717, 1.165) is 34.0 Å². The van der Waals surface area contributed by atoms with Gasteiger partial charge in [-0.3, -0.25) is 0 Å². The molecule has 6 nitrogen and oxygen atoms in total. The van der Waals surface area contributed by atoms with Crippen LogP contribution >= 0.6 is 0 Å². The van der Waals surface area contributed by atoms with E-state index in [1.165, 1.54) is 4.31 Å². The molecule has 0 unspecified atom stereocenters. The third kappa shape index (κ3) is 6.52. The second-order valence-corrected chi connectivity index (χ2v) is 12.6. The molecule has 1 atom stereocenters. The molecular weight excluding hydrogens is 537 g/mol. The molecule has 0 saturated heterocycles. The van der Waals surface area contributed by atoms with E-state index < -0.39 is 37.2 Å². The average Bonchev–Trinajstić information content (AvgIpc) is 2.72. The van der Waals surface area contributed by atoms with Crippen molar-refractivity contribution in [2.75, 3.05) is 15.3 Å². The quantitative estimate of drug-likeness (QED) is 0.253. The Morgan fingerprint density at radius 1 is 1.16 bits per heavy atom. The zero-order chi connectivity index (χ0) is 23.4. The van der Waals surface area contributed by atoms with Crippen LogP contribution in [0.25, 0.3) is 0 Å². The number of carbonyl (C=O) groups is 1. The Labute approximate surface area is 202 Å². The summed E-state index contributed by atoms with van der Waals surface area (Å²) >= 11 is -0.505. The second kappa shape index (κ2) is 10.6. The number of hydrogen-bond donors (Lipinski definition) is 2. The zero-order valence-corrected chi connectivity index (χ0v) is 21.9. The molecule has 0 aromatic heterocycles. The van der Waals surface area contributed by atoms with Gasteiger partial charge in [0.05, 0.1) is 0 Å². The summed E-state index contributed by atoms with van der Waals surface area (Å²) < 4.78 is 36.9. The van der Waals surface area contributed by atoms with Crippen molar-refractivity contribution in [1.29, 1.82) is 0 Å². The fourth-order valence-electron chi connectivity index (χ4n) is 4.11. The molecule has 0 bridgehead atoms. The number of nitrogens with one attached hydrogen (secondary N) is 1. The Morgan fingerprint density at radius 3 is 2.53 bits per heavy atom. The van der Waals surface area contributed by atoms with Crippen molar-refractivity contribution >= 4 is 21.7 Å². The van der Waals surface area contributed by atoms with Crippen molar-refractivity contribution < 1.29 is 34.7 Å². The van der Waals surface area contributed by atoms with E-state index in [9.17, 15) is 13.2 Å². The Bertz CT molecular complexity index is 1040. The van der Waals surface area contributed by atoms with E-state index in [-0.39, 0.29) is 11.7 Å². The summed E-state index contributed by atoms with van der Waals surface area (Å²) in [5.41, 5.74) is 3.15. The number of nitrogens with zero attached hydrogens (tertiary/aromatic N) is 1. The summed E-state index contributed by atoms with van der Waals surface area (Å²) in [4.78, 5) is 13.3. The molecule has 2 aromatic rings. The predicted octanol–water partition coefficient (Wildman–Crippen LogP) is 0.00530. The van der Waals surface area contributed by atoms with Gasteiger partial charge in [-0.25, -0.2) is 0 Å². The minimum atomic E-state index is -3.68. The Kier molecular flexibility index (Phi) is 8.35. The maximum atomic E-state index is 13.3. The van der Waals surface area contributed by atoms with E-state index in [4.69, 9.17) is 3.95 Å². The number of Topliss-reactive ketones (excluding diaryl/α,β-unsaturated/α-hetero) is 1. The Morgan fingerprint density at radius 2 is 1.88 bits per heavy atom. The maximum absolute atomic E-state index is 13.3. The molecule has 0 spiro atoms. The number of anilines is 1. The van der Waals surface area contributed by atoms with Crippen LogP contribution in [0.5, 0.6) is 0 Å². The van der Waals surface area contributed by atoms with Gasteiger partial charge in [0.1, 0.15) is 0 Å². The van der Waals surface area contributed by atoms with Crippen molar-refractivity contribution in [1.82, 2.24) is 4.72 Å². The summed E-state index contributed by atoms with van der Waals surface area (Å²) in [6, 6.07) is 15.7. The van der Waals surface area contributed by atoms with Gasteiger partial charge in [-0.1, -0.05) is 0 Å². The van der Waals surface area contributed by atoms with Crippen molar-refractivity contribution in [2.45, 2.75) is 52.0 Å². The Balaban J connectivity index is 1.84. The van der Waals surface area contributed by atoms with Gasteiger partial charge in [-0.15, -0.1) is 0 Å². The van der Waals surface area contributed by atoms with Crippen molar-refractivity contribution in [2.24, 2.45) is 9.86 Å². The number of nitrogens with two attached hydrogens (primary N) is 1. The van der Waals surface area contributed by atoms with Gasteiger partial charge in [-0.2, -0.15) is 0 Å². The van der Waals surface area contributed by atoms with Crippen LogP contribution in [0.15, 0.2) is 48.5 Å². The fraction of sp³-hybridized carbons (Fsp3) is 0.458. The molecule has 0 saturated carbocycles. The normalized spacial score (nSPS) is 15.4. The number of benzene rings is 2. The van der Waals surface area contributed by atoms with E-state index >= 15 is 0 Å². The molecule has 0 fully saturated rings. The van der Waals surface area contributed by atoms with Crippen LogP contribution in [0, 0.1) is 5.92 Å². The summed E-state index contributed by atoms with van der Waals surface area (Å²) in [5, 5.41) is 0. The van der Waals surface area contributed by atoms with Crippen molar-refractivity contribution in [3.63, 3.8) is 0 Å². The molecule has 0 aliphatic carbocycles. The van der Waals surface area contributed by atoms with E-state index in [0.29, 0.717) is 25.1 Å². The number of hydrogen-bond acceptors (Lipinski definition) is 4. The van der Waals surface area contributed by atoms with Gasteiger partial charge >= 0.3 is 203 Å². The number of fused-ring (bicyclic) bond motifs is 1. The van der Waals surface area contributed by atoms with Crippen LogP contribution < -0.4 is 34.5 Å². The Hall–Kier alpha value is -1.49.